The van der Waals surface area contributed by atoms with Gasteiger partial charge in [0.1, 0.15) is 0 Å². The van der Waals surface area contributed by atoms with Crippen LogP contribution in [0.5, 0.6) is 0 Å². The number of hydrogen-bond donors (Lipinski definition) is 1. The van der Waals surface area contributed by atoms with Crippen molar-refractivity contribution in [2.45, 2.75) is 19.3 Å². The number of rotatable bonds is 3. The zero-order chi connectivity index (χ0) is 12.2. The van der Waals surface area contributed by atoms with Crippen LogP contribution in [0.4, 0.5) is 0 Å². The summed E-state index contributed by atoms with van der Waals surface area (Å²) in [6.07, 6.45) is 4.77. The molecule has 0 bridgehead atoms. The summed E-state index contributed by atoms with van der Waals surface area (Å²) in [6, 6.07) is 3.66. The minimum absolute atomic E-state index is 0.281. The molecule has 0 radical (unpaired) electrons. The molecule has 4 heteroatoms. The molecule has 0 fully saturated rings. The highest BCUT2D eigenvalue weighted by Gasteiger charge is 2.30. The summed E-state index contributed by atoms with van der Waals surface area (Å²) in [7, 11) is 1.38. The van der Waals surface area contributed by atoms with Gasteiger partial charge in [-0.1, -0.05) is 6.07 Å². The quantitative estimate of drug-likeness (QED) is 0.783. The van der Waals surface area contributed by atoms with E-state index in [1.54, 1.807) is 26.1 Å². The Morgan fingerprint density at radius 1 is 1.50 bits per heavy atom. The van der Waals surface area contributed by atoms with Crippen LogP contribution in [0.1, 0.15) is 25.1 Å². The lowest BCUT2D eigenvalue weighted by Crippen LogP contribution is -2.30. The van der Waals surface area contributed by atoms with Gasteiger partial charge in [0.25, 0.3) is 0 Å². The molecule has 4 nitrogen and oxygen atoms in total. The molecule has 1 rings (SSSR count). The van der Waals surface area contributed by atoms with Gasteiger partial charge >= 0.3 is 5.97 Å². The van der Waals surface area contributed by atoms with E-state index in [0.717, 1.165) is 11.3 Å². The van der Waals surface area contributed by atoms with Crippen molar-refractivity contribution in [3.8, 4) is 0 Å². The molecule has 0 unspecified atom stereocenters. The monoisotopic (exact) mass is 220 g/mol. The molecular formula is C12H16N2O2. The standard InChI is InChI=1S/C12H16N2O2/c1-12(2,11(15)16-3)9-4-5-10(6-7-13)14-8-9/h4-8H,13H2,1-3H3/b7-6-. The van der Waals surface area contributed by atoms with E-state index in [1.807, 2.05) is 12.1 Å². The van der Waals surface area contributed by atoms with Crippen LogP contribution in [-0.2, 0) is 14.9 Å². The first-order valence-electron chi connectivity index (χ1n) is 4.95. The van der Waals surface area contributed by atoms with Crippen LogP contribution < -0.4 is 5.73 Å². The number of methoxy groups -OCH3 is 1. The van der Waals surface area contributed by atoms with Gasteiger partial charge in [0.15, 0.2) is 0 Å². The van der Waals surface area contributed by atoms with Gasteiger partial charge < -0.3 is 10.5 Å². The van der Waals surface area contributed by atoms with E-state index in [9.17, 15) is 4.79 Å². The van der Waals surface area contributed by atoms with Gasteiger partial charge in [-0.2, -0.15) is 0 Å². The molecule has 2 N–H and O–H groups in total. The summed E-state index contributed by atoms with van der Waals surface area (Å²) in [6.45, 7) is 3.60. The fraction of sp³-hybridized carbons (Fsp3) is 0.333. The Kier molecular flexibility index (Phi) is 3.66. The highest BCUT2D eigenvalue weighted by molar-refractivity contribution is 5.81. The summed E-state index contributed by atoms with van der Waals surface area (Å²) >= 11 is 0. The Hall–Kier alpha value is -1.84. The average Bonchev–Trinajstić information content (AvgIpc) is 2.29. The van der Waals surface area contributed by atoms with E-state index in [4.69, 9.17) is 10.5 Å². The zero-order valence-corrected chi connectivity index (χ0v) is 9.73. The summed E-state index contributed by atoms with van der Waals surface area (Å²) < 4.78 is 4.75. The van der Waals surface area contributed by atoms with Crippen molar-refractivity contribution in [2.75, 3.05) is 7.11 Å². The summed E-state index contributed by atoms with van der Waals surface area (Å²) in [4.78, 5) is 15.7. The third-order valence-corrected chi connectivity index (χ3v) is 2.47. The number of hydrogen-bond acceptors (Lipinski definition) is 4. The van der Waals surface area contributed by atoms with E-state index in [2.05, 4.69) is 4.98 Å². The molecule has 0 aliphatic heterocycles. The number of carbonyl (C=O) groups excluding carboxylic acids is 1. The lowest BCUT2D eigenvalue weighted by molar-refractivity contribution is -0.146. The number of nitrogens with zero attached hydrogens (tertiary/aromatic N) is 1. The lowest BCUT2D eigenvalue weighted by Gasteiger charge is -2.21. The third kappa shape index (κ3) is 2.39. The van der Waals surface area contributed by atoms with Crippen molar-refractivity contribution in [1.29, 1.82) is 0 Å². The third-order valence-electron chi connectivity index (χ3n) is 2.47. The second-order valence-electron chi connectivity index (χ2n) is 3.95. The molecule has 1 aromatic heterocycles. The van der Waals surface area contributed by atoms with Gasteiger partial charge in [-0.05, 0) is 37.8 Å². The van der Waals surface area contributed by atoms with Gasteiger partial charge in [-0.25, -0.2) is 0 Å². The van der Waals surface area contributed by atoms with E-state index in [1.165, 1.54) is 13.3 Å². The Balaban J connectivity index is 3.01. The van der Waals surface area contributed by atoms with Crippen molar-refractivity contribution in [2.24, 2.45) is 5.73 Å². The van der Waals surface area contributed by atoms with Gasteiger partial charge in [-0.15, -0.1) is 0 Å². The summed E-state index contributed by atoms with van der Waals surface area (Å²) in [5, 5.41) is 0. The molecule has 0 atom stereocenters. The Morgan fingerprint density at radius 3 is 2.62 bits per heavy atom. The van der Waals surface area contributed by atoms with Gasteiger partial charge in [0.2, 0.25) is 0 Å². The van der Waals surface area contributed by atoms with Crippen LogP contribution in [0.25, 0.3) is 6.08 Å². The van der Waals surface area contributed by atoms with Crippen molar-refractivity contribution >= 4 is 12.0 Å². The first kappa shape index (κ1) is 12.2. The second kappa shape index (κ2) is 4.79. The number of pyridine rings is 1. The first-order chi connectivity index (χ1) is 7.52. The van der Waals surface area contributed by atoms with Crippen LogP contribution in [0.3, 0.4) is 0 Å². The van der Waals surface area contributed by atoms with Crippen molar-refractivity contribution in [3.05, 3.63) is 35.8 Å². The van der Waals surface area contributed by atoms with Gasteiger partial charge in [-0.3, -0.25) is 9.78 Å². The smallest absolute Gasteiger partial charge is 0.315 e. The summed E-state index contributed by atoms with van der Waals surface area (Å²) in [5.41, 5.74) is 6.14. The van der Waals surface area contributed by atoms with Crippen LogP contribution in [-0.4, -0.2) is 18.1 Å². The molecule has 0 aromatic carbocycles. The molecule has 0 amide bonds. The molecule has 16 heavy (non-hydrogen) atoms. The first-order valence-corrected chi connectivity index (χ1v) is 4.95. The molecule has 0 aliphatic carbocycles. The van der Waals surface area contributed by atoms with Gasteiger partial charge in [0.05, 0.1) is 18.2 Å². The van der Waals surface area contributed by atoms with Crippen LogP contribution >= 0.6 is 0 Å². The maximum absolute atomic E-state index is 11.6. The van der Waals surface area contributed by atoms with Gasteiger partial charge in [0, 0.05) is 6.20 Å². The van der Waals surface area contributed by atoms with Crippen molar-refractivity contribution < 1.29 is 9.53 Å². The predicted octanol–water partition coefficient (Wildman–Crippen LogP) is 1.46. The fourth-order valence-electron chi connectivity index (χ4n) is 1.35. The highest BCUT2D eigenvalue weighted by atomic mass is 16.5. The maximum Gasteiger partial charge on any atom is 0.315 e. The fourth-order valence-corrected chi connectivity index (χ4v) is 1.35. The van der Waals surface area contributed by atoms with Crippen LogP contribution in [0, 0.1) is 0 Å². The number of aromatic nitrogens is 1. The Labute approximate surface area is 95.1 Å². The normalized spacial score (nSPS) is 11.7. The number of ether oxygens (including phenoxy) is 1. The van der Waals surface area contributed by atoms with E-state index in [0.29, 0.717) is 0 Å². The average molecular weight is 220 g/mol. The molecule has 1 heterocycles. The minimum Gasteiger partial charge on any atom is -0.468 e. The lowest BCUT2D eigenvalue weighted by atomic mass is 9.86. The minimum atomic E-state index is -0.688. The number of carbonyl (C=O) groups is 1. The largest absolute Gasteiger partial charge is 0.468 e. The molecule has 0 saturated carbocycles. The second-order valence-corrected chi connectivity index (χ2v) is 3.95. The molecular weight excluding hydrogens is 204 g/mol. The molecule has 0 spiro atoms. The highest BCUT2D eigenvalue weighted by Crippen LogP contribution is 2.23. The van der Waals surface area contributed by atoms with Crippen LogP contribution in [0.15, 0.2) is 24.5 Å². The number of nitrogens with two attached hydrogens (primary N) is 1. The Bertz CT molecular complexity index is 394. The summed E-state index contributed by atoms with van der Waals surface area (Å²) in [5.74, 6) is -0.281. The molecule has 0 saturated heterocycles. The van der Waals surface area contributed by atoms with E-state index < -0.39 is 5.41 Å². The molecule has 0 aliphatic rings. The zero-order valence-electron chi connectivity index (χ0n) is 9.73. The number of esters is 1. The van der Waals surface area contributed by atoms with E-state index >= 15 is 0 Å². The van der Waals surface area contributed by atoms with E-state index in [-0.39, 0.29) is 5.97 Å². The molecule has 1 aromatic rings. The molecule has 86 valence electrons. The van der Waals surface area contributed by atoms with Crippen LogP contribution in [0.2, 0.25) is 0 Å². The SMILES string of the molecule is COC(=O)C(C)(C)c1ccc(/C=C\N)nc1. The predicted molar refractivity (Wildman–Crippen MR) is 62.5 cm³/mol. The van der Waals surface area contributed by atoms with Crippen molar-refractivity contribution in [1.82, 2.24) is 4.98 Å². The maximum atomic E-state index is 11.6. The topological polar surface area (TPSA) is 65.2 Å². The van der Waals surface area contributed by atoms with Crippen molar-refractivity contribution in [3.63, 3.8) is 0 Å². The Morgan fingerprint density at radius 2 is 2.19 bits per heavy atom.